The maximum atomic E-state index is 5.88. The number of nitrogens with two attached hydrogens (primary N) is 1. The summed E-state index contributed by atoms with van der Waals surface area (Å²) in [6.45, 7) is 5.72. The molecule has 0 aromatic heterocycles. The molecule has 0 amide bonds. The van der Waals surface area contributed by atoms with Crippen LogP contribution in [-0.2, 0) is 4.84 Å². The van der Waals surface area contributed by atoms with Gasteiger partial charge < -0.3 is 10.6 Å². The maximum Gasteiger partial charge on any atom is 0.0735 e. The second-order valence-electron chi connectivity index (χ2n) is 4.45. The molecular weight excluding hydrogens is 280 g/mol. The minimum atomic E-state index is 0.0815. The highest BCUT2D eigenvalue weighted by Gasteiger charge is 2.21. The molecule has 96 valence electrons. The Morgan fingerprint density at radius 3 is 2.47 bits per heavy atom. The van der Waals surface area contributed by atoms with E-state index in [4.69, 9.17) is 10.6 Å². The first kappa shape index (κ1) is 14.6. The number of nitrogens with zero attached hydrogens (tertiary/aromatic N) is 1. The Bertz CT molecular complexity index is 344. The topological polar surface area (TPSA) is 38.5 Å². The summed E-state index contributed by atoms with van der Waals surface area (Å²) < 4.78 is 1.07. The minimum Gasteiger partial charge on any atom is -0.329 e. The Labute approximate surface area is 112 Å². The molecule has 1 atom stereocenters. The lowest BCUT2D eigenvalue weighted by Crippen LogP contribution is -2.35. The van der Waals surface area contributed by atoms with Gasteiger partial charge in [-0.3, -0.25) is 0 Å². The van der Waals surface area contributed by atoms with E-state index in [-0.39, 0.29) is 6.04 Å². The average Bonchev–Trinajstić information content (AvgIpc) is 2.30. The van der Waals surface area contributed by atoms with Crippen LogP contribution in [0.3, 0.4) is 0 Å². The Morgan fingerprint density at radius 2 is 2.00 bits per heavy atom. The zero-order valence-corrected chi connectivity index (χ0v) is 12.3. The van der Waals surface area contributed by atoms with E-state index in [0.717, 1.165) is 16.6 Å². The van der Waals surface area contributed by atoms with Gasteiger partial charge in [-0.1, -0.05) is 48.0 Å². The molecule has 17 heavy (non-hydrogen) atoms. The Morgan fingerprint density at radius 1 is 1.35 bits per heavy atom. The molecule has 3 nitrogen and oxygen atoms in total. The maximum absolute atomic E-state index is 5.88. The number of hydroxylamine groups is 2. The summed E-state index contributed by atoms with van der Waals surface area (Å²) in [4.78, 5) is 5.46. The summed E-state index contributed by atoms with van der Waals surface area (Å²) >= 11 is 3.56. The number of rotatable bonds is 6. The van der Waals surface area contributed by atoms with Gasteiger partial charge in [0.25, 0.3) is 0 Å². The van der Waals surface area contributed by atoms with Crippen LogP contribution in [-0.4, -0.2) is 25.3 Å². The molecule has 0 saturated heterocycles. The van der Waals surface area contributed by atoms with Crippen molar-refractivity contribution in [3.8, 4) is 0 Å². The molecule has 0 heterocycles. The molecule has 0 radical (unpaired) electrons. The van der Waals surface area contributed by atoms with Gasteiger partial charge in [0.05, 0.1) is 13.2 Å². The summed E-state index contributed by atoms with van der Waals surface area (Å²) in [6.07, 6.45) is 0. The van der Waals surface area contributed by atoms with Gasteiger partial charge in [0.15, 0.2) is 0 Å². The van der Waals surface area contributed by atoms with Crippen molar-refractivity contribution in [1.29, 1.82) is 0 Å². The van der Waals surface area contributed by atoms with Gasteiger partial charge in [0.1, 0.15) is 0 Å². The van der Waals surface area contributed by atoms with Gasteiger partial charge >= 0.3 is 0 Å². The van der Waals surface area contributed by atoms with E-state index < -0.39 is 0 Å². The lowest BCUT2D eigenvalue weighted by molar-refractivity contribution is -0.167. The molecule has 2 N–H and O–H groups in total. The van der Waals surface area contributed by atoms with Crippen molar-refractivity contribution in [2.75, 3.05) is 20.2 Å². The highest BCUT2D eigenvalue weighted by molar-refractivity contribution is 9.10. The summed E-state index contributed by atoms with van der Waals surface area (Å²) in [6, 6.07) is 8.21. The predicted octanol–water partition coefficient (Wildman–Crippen LogP) is 2.97. The summed E-state index contributed by atoms with van der Waals surface area (Å²) in [5.74, 6) is 0.534. The van der Waals surface area contributed by atoms with E-state index in [0.29, 0.717) is 12.5 Å². The van der Waals surface area contributed by atoms with Crippen molar-refractivity contribution >= 4 is 15.9 Å². The van der Waals surface area contributed by atoms with E-state index in [1.807, 2.05) is 23.3 Å². The Hall–Kier alpha value is -0.420. The van der Waals surface area contributed by atoms with Crippen molar-refractivity contribution in [2.45, 2.75) is 19.9 Å². The SMILES string of the molecule is CON(CC(C)C)C(CN)c1ccccc1Br. The monoisotopic (exact) mass is 300 g/mol. The number of hydrogen-bond donors (Lipinski definition) is 1. The third-order valence-electron chi connectivity index (χ3n) is 2.61. The van der Waals surface area contributed by atoms with E-state index in [1.54, 1.807) is 7.11 Å². The Balaban J connectivity index is 2.93. The molecule has 0 aliphatic rings. The molecule has 0 spiro atoms. The van der Waals surface area contributed by atoms with Crippen LogP contribution in [0, 0.1) is 5.92 Å². The van der Waals surface area contributed by atoms with Crippen molar-refractivity contribution < 1.29 is 4.84 Å². The van der Waals surface area contributed by atoms with E-state index in [9.17, 15) is 0 Å². The van der Waals surface area contributed by atoms with E-state index in [2.05, 4.69) is 35.8 Å². The molecule has 1 unspecified atom stereocenters. The van der Waals surface area contributed by atoms with Crippen LogP contribution in [0.25, 0.3) is 0 Å². The van der Waals surface area contributed by atoms with Gasteiger partial charge in [0.2, 0.25) is 0 Å². The quantitative estimate of drug-likeness (QED) is 0.821. The largest absolute Gasteiger partial charge is 0.329 e. The normalized spacial score (nSPS) is 13.4. The lowest BCUT2D eigenvalue weighted by atomic mass is 10.1. The highest BCUT2D eigenvalue weighted by Crippen LogP contribution is 2.27. The fourth-order valence-corrected chi connectivity index (χ4v) is 2.38. The number of hydrogen-bond acceptors (Lipinski definition) is 3. The van der Waals surface area contributed by atoms with Gasteiger partial charge in [-0.2, -0.15) is 5.06 Å². The smallest absolute Gasteiger partial charge is 0.0735 e. The standard InChI is InChI=1S/C13H21BrN2O/c1-10(2)9-16(17-3)13(8-15)11-6-4-5-7-12(11)14/h4-7,10,13H,8-9,15H2,1-3H3. The van der Waals surface area contributed by atoms with Crippen molar-refractivity contribution in [2.24, 2.45) is 11.7 Å². The molecule has 0 fully saturated rings. The first-order valence-corrected chi connectivity index (χ1v) is 6.64. The molecule has 1 aromatic carbocycles. The molecule has 0 aliphatic heterocycles. The average molecular weight is 301 g/mol. The van der Waals surface area contributed by atoms with E-state index >= 15 is 0 Å². The minimum absolute atomic E-state index is 0.0815. The fourth-order valence-electron chi connectivity index (χ4n) is 1.83. The molecule has 0 bridgehead atoms. The molecule has 0 aliphatic carbocycles. The van der Waals surface area contributed by atoms with Gasteiger partial charge in [-0.25, -0.2) is 0 Å². The molecule has 0 saturated carbocycles. The first-order chi connectivity index (χ1) is 8.10. The third kappa shape index (κ3) is 4.07. The summed E-state index contributed by atoms with van der Waals surface area (Å²) in [5.41, 5.74) is 7.05. The third-order valence-corrected chi connectivity index (χ3v) is 3.34. The molecular formula is C13H21BrN2O. The number of halogens is 1. The zero-order chi connectivity index (χ0) is 12.8. The summed E-state index contributed by atoms with van der Waals surface area (Å²) in [7, 11) is 1.70. The molecule has 1 rings (SSSR count). The molecule has 1 aromatic rings. The predicted molar refractivity (Wildman–Crippen MR) is 74.5 cm³/mol. The van der Waals surface area contributed by atoms with Crippen LogP contribution in [0.4, 0.5) is 0 Å². The van der Waals surface area contributed by atoms with Gasteiger partial charge in [0, 0.05) is 17.6 Å². The van der Waals surface area contributed by atoms with Crippen LogP contribution in [0.1, 0.15) is 25.5 Å². The zero-order valence-electron chi connectivity index (χ0n) is 10.7. The van der Waals surface area contributed by atoms with Crippen molar-refractivity contribution in [3.05, 3.63) is 34.3 Å². The Kier molecular flexibility index (Phi) is 6.12. The van der Waals surface area contributed by atoms with Crippen LogP contribution in [0.5, 0.6) is 0 Å². The van der Waals surface area contributed by atoms with Crippen LogP contribution in [0.2, 0.25) is 0 Å². The highest BCUT2D eigenvalue weighted by atomic mass is 79.9. The summed E-state index contributed by atoms with van der Waals surface area (Å²) in [5, 5.41) is 1.95. The van der Waals surface area contributed by atoms with Gasteiger partial charge in [-0.15, -0.1) is 0 Å². The second kappa shape index (κ2) is 7.11. The fraction of sp³-hybridized carbons (Fsp3) is 0.538. The van der Waals surface area contributed by atoms with Gasteiger partial charge in [-0.05, 0) is 17.5 Å². The van der Waals surface area contributed by atoms with Crippen LogP contribution in [0.15, 0.2) is 28.7 Å². The van der Waals surface area contributed by atoms with Crippen molar-refractivity contribution in [1.82, 2.24) is 5.06 Å². The number of benzene rings is 1. The van der Waals surface area contributed by atoms with Crippen LogP contribution < -0.4 is 5.73 Å². The van der Waals surface area contributed by atoms with Crippen LogP contribution >= 0.6 is 15.9 Å². The molecule has 4 heteroatoms. The van der Waals surface area contributed by atoms with Crippen molar-refractivity contribution in [3.63, 3.8) is 0 Å². The second-order valence-corrected chi connectivity index (χ2v) is 5.30. The lowest BCUT2D eigenvalue weighted by Gasteiger charge is -2.30. The first-order valence-electron chi connectivity index (χ1n) is 5.85. The van der Waals surface area contributed by atoms with E-state index in [1.165, 1.54) is 0 Å².